The maximum atomic E-state index is 8.82. The molecule has 84 valence electrons. The van der Waals surface area contributed by atoms with Crippen molar-refractivity contribution in [1.29, 1.82) is 5.26 Å². The van der Waals surface area contributed by atoms with Crippen molar-refractivity contribution in [3.8, 4) is 6.07 Å². The van der Waals surface area contributed by atoms with Crippen LogP contribution in [0, 0.1) is 18.3 Å². The molecule has 0 N–H and O–H groups in total. The summed E-state index contributed by atoms with van der Waals surface area (Å²) < 4.78 is 5.30. The molecule has 0 aromatic carbocycles. The third-order valence-corrected chi connectivity index (χ3v) is 3.59. The number of thioether (sulfide) groups is 1. The quantitative estimate of drug-likeness (QED) is 0.733. The summed E-state index contributed by atoms with van der Waals surface area (Å²) in [5.74, 6) is 0. The van der Waals surface area contributed by atoms with Gasteiger partial charge in [0.05, 0.1) is 0 Å². The lowest BCUT2D eigenvalue weighted by atomic mass is 10.2. The lowest BCUT2D eigenvalue weighted by Gasteiger charge is -2.20. The molecule has 0 spiro atoms. The van der Waals surface area contributed by atoms with Crippen molar-refractivity contribution in [1.82, 2.24) is 9.97 Å². The third kappa shape index (κ3) is 2.94. The molecule has 0 bridgehead atoms. The minimum absolute atomic E-state index is 0.446. The smallest absolute Gasteiger partial charge is 0.189 e. The van der Waals surface area contributed by atoms with Crippen LogP contribution in [0.1, 0.15) is 24.2 Å². The van der Waals surface area contributed by atoms with Gasteiger partial charge >= 0.3 is 0 Å². The first kappa shape index (κ1) is 11.4. The van der Waals surface area contributed by atoms with E-state index < -0.39 is 0 Å². The van der Waals surface area contributed by atoms with E-state index in [4.69, 9.17) is 10.00 Å². The van der Waals surface area contributed by atoms with Crippen LogP contribution in [0.4, 0.5) is 0 Å². The van der Waals surface area contributed by atoms with Crippen LogP contribution in [0.3, 0.4) is 0 Å². The molecule has 0 atom stereocenters. The Morgan fingerprint density at radius 2 is 2.19 bits per heavy atom. The number of aromatic nitrogens is 2. The van der Waals surface area contributed by atoms with Gasteiger partial charge in [0.2, 0.25) is 0 Å². The van der Waals surface area contributed by atoms with Crippen molar-refractivity contribution in [2.45, 2.75) is 30.2 Å². The molecule has 1 aromatic heterocycles. The van der Waals surface area contributed by atoms with Crippen molar-refractivity contribution in [2.24, 2.45) is 0 Å². The average molecular weight is 235 g/mol. The minimum Gasteiger partial charge on any atom is -0.381 e. The first-order valence-corrected chi connectivity index (χ1v) is 6.16. The van der Waals surface area contributed by atoms with Gasteiger partial charge in [0, 0.05) is 24.2 Å². The zero-order chi connectivity index (χ0) is 11.4. The van der Waals surface area contributed by atoms with Gasteiger partial charge in [0.25, 0.3) is 0 Å². The summed E-state index contributed by atoms with van der Waals surface area (Å²) in [7, 11) is 0. The molecule has 2 heterocycles. The van der Waals surface area contributed by atoms with Gasteiger partial charge in [-0.3, -0.25) is 0 Å². The summed E-state index contributed by atoms with van der Waals surface area (Å²) in [6, 6.07) is 3.76. The van der Waals surface area contributed by atoms with E-state index in [9.17, 15) is 0 Å². The van der Waals surface area contributed by atoms with Crippen molar-refractivity contribution in [2.75, 3.05) is 13.2 Å². The highest BCUT2D eigenvalue weighted by molar-refractivity contribution is 7.99. The van der Waals surface area contributed by atoms with Crippen molar-refractivity contribution in [3.63, 3.8) is 0 Å². The second-order valence-corrected chi connectivity index (χ2v) is 4.99. The number of hydrogen-bond acceptors (Lipinski definition) is 5. The molecule has 1 aliphatic rings. The van der Waals surface area contributed by atoms with E-state index in [0.717, 1.165) is 31.7 Å². The van der Waals surface area contributed by atoms with Crippen molar-refractivity contribution >= 4 is 11.8 Å². The molecule has 5 heteroatoms. The number of nitriles is 1. The summed E-state index contributed by atoms with van der Waals surface area (Å²) in [6.07, 6.45) is 2.06. The van der Waals surface area contributed by atoms with Gasteiger partial charge in [0.1, 0.15) is 11.8 Å². The van der Waals surface area contributed by atoms with Gasteiger partial charge in [-0.15, -0.1) is 0 Å². The lowest BCUT2D eigenvalue weighted by Crippen LogP contribution is -2.17. The van der Waals surface area contributed by atoms with E-state index in [2.05, 4.69) is 16.0 Å². The summed E-state index contributed by atoms with van der Waals surface area (Å²) in [6.45, 7) is 3.51. The Hall–Kier alpha value is -1.12. The largest absolute Gasteiger partial charge is 0.381 e. The fourth-order valence-corrected chi connectivity index (χ4v) is 2.67. The molecule has 1 aromatic rings. The molecule has 1 fully saturated rings. The van der Waals surface area contributed by atoms with Gasteiger partial charge in [-0.05, 0) is 25.8 Å². The average Bonchev–Trinajstić information content (AvgIpc) is 2.29. The minimum atomic E-state index is 0.446. The highest BCUT2D eigenvalue weighted by Crippen LogP contribution is 2.27. The number of aryl methyl sites for hydroxylation is 1. The van der Waals surface area contributed by atoms with E-state index in [1.807, 2.05) is 6.92 Å². The summed E-state index contributed by atoms with van der Waals surface area (Å²) >= 11 is 1.65. The maximum absolute atomic E-state index is 8.82. The Kier molecular flexibility index (Phi) is 3.75. The molecule has 16 heavy (non-hydrogen) atoms. The molecular weight excluding hydrogens is 222 g/mol. The summed E-state index contributed by atoms with van der Waals surface area (Å²) in [5, 5.41) is 10.1. The molecule has 0 saturated carbocycles. The summed E-state index contributed by atoms with van der Waals surface area (Å²) in [5.41, 5.74) is 1.29. The number of hydrogen-bond donors (Lipinski definition) is 0. The molecule has 2 rings (SSSR count). The molecular formula is C11H13N3OS. The highest BCUT2D eigenvalue weighted by atomic mass is 32.2. The SMILES string of the molecule is Cc1cc(C#N)nc(SC2CCOCC2)n1. The van der Waals surface area contributed by atoms with Crippen LogP contribution in [0.15, 0.2) is 11.2 Å². The fourth-order valence-electron chi connectivity index (χ4n) is 1.59. The van der Waals surface area contributed by atoms with Crippen LogP contribution < -0.4 is 0 Å². The summed E-state index contributed by atoms with van der Waals surface area (Å²) in [4.78, 5) is 8.53. The van der Waals surface area contributed by atoms with Crippen molar-refractivity contribution in [3.05, 3.63) is 17.5 Å². The lowest BCUT2D eigenvalue weighted by molar-refractivity contribution is 0.1000. The van der Waals surface area contributed by atoms with Crippen LogP contribution >= 0.6 is 11.8 Å². The monoisotopic (exact) mass is 235 g/mol. The van der Waals surface area contributed by atoms with Crippen LogP contribution in [0.25, 0.3) is 0 Å². The van der Waals surface area contributed by atoms with Gasteiger partial charge in [0.15, 0.2) is 5.16 Å². The van der Waals surface area contributed by atoms with Crippen LogP contribution in [0.5, 0.6) is 0 Å². The van der Waals surface area contributed by atoms with E-state index in [1.54, 1.807) is 17.8 Å². The molecule has 4 nitrogen and oxygen atoms in total. The van der Waals surface area contributed by atoms with E-state index in [1.165, 1.54) is 0 Å². The Morgan fingerprint density at radius 3 is 2.88 bits per heavy atom. The standard InChI is InChI=1S/C11H13N3OS/c1-8-6-9(7-12)14-11(13-8)16-10-2-4-15-5-3-10/h6,10H,2-5H2,1H3. The first-order chi connectivity index (χ1) is 7.78. The molecule has 1 aliphatic heterocycles. The molecule has 0 radical (unpaired) electrons. The Bertz CT molecular complexity index is 410. The van der Waals surface area contributed by atoms with Crippen molar-refractivity contribution < 1.29 is 4.74 Å². The molecule has 0 aliphatic carbocycles. The van der Waals surface area contributed by atoms with Crippen LogP contribution in [0.2, 0.25) is 0 Å². The normalized spacial score (nSPS) is 17.0. The second-order valence-electron chi connectivity index (χ2n) is 3.72. The van der Waals surface area contributed by atoms with Crippen LogP contribution in [-0.2, 0) is 4.74 Å². The maximum Gasteiger partial charge on any atom is 0.189 e. The third-order valence-electron chi connectivity index (χ3n) is 2.39. The fraction of sp³-hybridized carbons (Fsp3) is 0.545. The predicted octanol–water partition coefficient (Wildman–Crippen LogP) is 1.93. The first-order valence-electron chi connectivity index (χ1n) is 5.28. The predicted molar refractivity (Wildman–Crippen MR) is 61.2 cm³/mol. The number of rotatable bonds is 2. The van der Waals surface area contributed by atoms with Gasteiger partial charge in [-0.2, -0.15) is 5.26 Å². The van der Waals surface area contributed by atoms with Gasteiger partial charge in [-0.1, -0.05) is 11.8 Å². The zero-order valence-electron chi connectivity index (χ0n) is 9.14. The van der Waals surface area contributed by atoms with Gasteiger partial charge < -0.3 is 4.74 Å². The number of ether oxygens (including phenoxy) is 1. The topological polar surface area (TPSA) is 58.8 Å². The number of nitrogens with zero attached hydrogens (tertiary/aromatic N) is 3. The highest BCUT2D eigenvalue weighted by Gasteiger charge is 2.16. The molecule has 0 amide bonds. The Labute approximate surface area is 99.0 Å². The van der Waals surface area contributed by atoms with Gasteiger partial charge in [-0.25, -0.2) is 9.97 Å². The zero-order valence-corrected chi connectivity index (χ0v) is 9.96. The van der Waals surface area contributed by atoms with E-state index >= 15 is 0 Å². The van der Waals surface area contributed by atoms with E-state index in [0.29, 0.717) is 16.1 Å². The van der Waals surface area contributed by atoms with E-state index in [-0.39, 0.29) is 0 Å². The molecule has 1 saturated heterocycles. The molecule has 0 unspecified atom stereocenters. The van der Waals surface area contributed by atoms with Crippen LogP contribution in [-0.4, -0.2) is 28.4 Å². The Balaban J connectivity index is 2.08. The second kappa shape index (κ2) is 5.28. The Morgan fingerprint density at radius 1 is 1.44 bits per heavy atom.